The number of nitrogen functional groups attached to an aromatic ring is 2. The molecule has 0 radical (unpaired) electrons. The van der Waals surface area contributed by atoms with E-state index >= 15 is 0 Å². The number of fused-ring (bicyclic) bond motifs is 5. The molecule has 0 amide bonds. The number of aromatic nitrogens is 13. The number of aromatic amines is 1. The highest BCUT2D eigenvalue weighted by Gasteiger charge is 2.28. The first-order valence-corrected chi connectivity index (χ1v) is 46.6. The first-order valence-electron chi connectivity index (χ1n) is 44.8. The minimum Gasteiger partial charge on any atom is -0.494 e. The number of hydrogen-bond donors (Lipinski definition) is 6. The molecule has 0 saturated heterocycles. The van der Waals surface area contributed by atoms with Gasteiger partial charge in [0.2, 0.25) is 11.6 Å². The SMILES string of the molecule is CC1=NC(c2ccnc(Cl)c2)c2ccccc21.COc1cc(F)c([N+](=O)[O-])cc1Nc1cc(-n2nc(C)c3ccccc32)ccn1.COc1cc(N(C)CCN(C)C)c(N)cc1Nc1cc(-n2nc(C)c3ccccc32)ccn1.COc1cc(N(C)CCN(C)C)c([N+](=O)[O-])cc1Nc1cc(-n2nc(C)c3ccccc32)ccn1.Cc1[nH]nc2ccccc12.Cc1cc(F)c([N+](=O)[O-])cc1N.Clc1cc(I)ccn1. The van der Waals surface area contributed by atoms with E-state index in [1.807, 2.05) is 234 Å². The molecule has 1 aliphatic heterocycles. The zero-order valence-corrected chi connectivity index (χ0v) is 85.1. The van der Waals surface area contributed by atoms with Crippen LogP contribution in [0.4, 0.5) is 83.1 Å². The van der Waals surface area contributed by atoms with Crippen LogP contribution in [-0.4, -0.2) is 185 Å². The lowest BCUT2D eigenvalue weighted by Crippen LogP contribution is -2.29. The number of rotatable bonds is 24. The van der Waals surface area contributed by atoms with Crippen LogP contribution in [0.1, 0.15) is 58.0 Å². The van der Waals surface area contributed by atoms with Gasteiger partial charge >= 0.3 is 11.4 Å². The Bertz CT molecular complexity index is 7680. The molecule has 144 heavy (non-hydrogen) atoms. The zero-order chi connectivity index (χ0) is 103. The third-order valence-electron chi connectivity index (χ3n) is 22.9. The van der Waals surface area contributed by atoms with Gasteiger partial charge in [0, 0.05) is 174 Å². The lowest BCUT2D eigenvalue weighted by Gasteiger charge is -2.24. The van der Waals surface area contributed by atoms with Crippen LogP contribution in [0.25, 0.3) is 60.7 Å². The van der Waals surface area contributed by atoms with Crippen molar-refractivity contribution in [2.24, 2.45) is 4.99 Å². The smallest absolute Gasteiger partial charge is 0.307 e. The summed E-state index contributed by atoms with van der Waals surface area (Å²) >= 11 is 13.6. The third kappa shape index (κ3) is 26.0. The molecule has 9 aromatic carbocycles. The summed E-state index contributed by atoms with van der Waals surface area (Å²) < 4.78 is 49.7. The molecular formula is C104H105Cl2F2IN26O9. The van der Waals surface area contributed by atoms with Gasteiger partial charge in [0.1, 0.15) is 56.7 Å². The molecule has 35 nitrogen and oxygen atoms in total. The molecule has 1 unspecified atom stereocenters. The second-order valence-electron chi connectivity index (χ2n) is 33.4. The van der Waals surface area contributed by atoms with Crippen molar-refractivity contribution in [2.45, 2.75) is 47.6 Å². The predicted octanol–water partition coefficient (Wildman–Crippen LogP) is 22.5. The second kappa shape index (κ2) is 48.2. The zero-order valence-electron chi connectivity index (χ0n) is 81.4. The minimum atomic E-state index is -0.974. The van der Waals surface area contributed by atoms with E-state index in [0.29, 0.717) is 68.4 Å². The van der Waals surface area contributed by atoms with E-state index in [0.717, 1.165) is 148 Å². The number of pyridine rings is 5. The molecule has 0 saturated carbocycles. The van der Waals surface area contributed by atoms with Crippen LogP contribution in [0, 0.1) is 80.2 Å². The number of halogens is 5. The van der Waals surface area contributed by atoms with Crippen LogP contribution in [0.3, 0.4) is 0 Å². The van der Waals surface area contributed by atoms with E-state index in [-0.39, 0.29) is 33.8 Å². The molecule has 1 atom stereocenters. The Hall–Kier alpha value is -16.4. The summed E-state index contributed by atoms with van der Waals surface area (Å²) in [6.07, 6.45) is 8.44. The van der Waals surface area contributed by atoms with Crippen molar-refractivity contribution in [3.05, 3.63) is 362 Å². The highest BCUT2D eigenvalue weighted by atomic mass is 127. The lowest BCUT2D eigenvalue weighted by atomic mass is 9.97. The van der Waals surface area contributed by atoms with Crippen LogP contribution in [-0.2, 0) is 0 Å². The van der Waals surface area contributed by atoms with Crippen molar-refractivity contribution in [3.8, 4) is 34.3 Å². The third-order valence-corrected chi connectivity index (χ3v) is 24.0. The van der Waals surface area contributed by atoms with Crippen LogP contribution in [0.5, 0.6) is 17.2 Å². The van der Waals surface area contributed by atoms with Gasteiger partial charge in [-0.05, 0) is 188 Å². The molecule has 8 N–H and O–H groups in total. The summed E-state index contributed by atoms with van der Waals surface area (Å²) in [7, 11) is 16.5. The maximum absolute atomic E-state index is 13.9. The van der Waals surface area contributed by atoms with Gasteiger partial charge < -0.3 is 61.2 Å². The van der Waals surface area contributed by atoms with Crippen molar-refractivity contribution >= 4 is 169 Å². The molecule has 0 fully saturated rings. The minimum absolute atomic E-state index is 0.0144. The number of aryl methyl sites for hydroxylation is 5. The van der Waals surface area contributed by atoms with E-state index in [9.17, 15) is 39.1 Å². The number of hydrogen-bond acceptors (Lipinski definition) is 28. The van der Waals surface area contributed by atoms with Gasteiger partial charge in [-0.25, -0.2) is 39.0 Å². The first-order chi connectivity index (χ1) is 69.1. The predicted molar refractivity (Wildman–Crippen MR) is 576 cm³/mol. The molecule has 9 aromatic heterocycles. The number of ether oxygens (including phenoxy) is 3. The fourth-order valence-corrected chi connectivity index (χ4v) is 16.4. The number of anilines is 10. The van der Waals surface area contributed by atoms with Crippen molar-refractivity contribution in [1.29, 1.82) is 0 Å². The highest BCUT2D eigenvalue weighted by Crippen LogP contribution is 2.43. The number of nitrogens with one attached hydrogen (secondary N) is 4. The molecule has 1 aliphatic rings. The van der Waals surface area contributed by atoms with Gasteiger partial charge in [0.15, 0.2) is 0 Å². The Morgan fingerprint density at radius 1 is 0.444 bits per heavy atom. The molecule has 0 bridgehead atoms. The second-order valence-corrected chi connectivity index (χ2v) is 35.5. The number of benzene rings is 9. The number of methoxy groups -OCH3 is 3. The van der Waals surface area contributed by atoms with Gasteiger partial charge in [0.05, 0.1) is 121 Å². The first kappa shape index (κ1) is 105. The Balaban J connectivity index is 0.000000148. The van der Waals surface area contributed by atoms with E-state index < -0.39 is 32.9 Å². The molecule has 0 aliphatic carbocycles. The van der Waals surface area contributed by atoms with Crippen molar-refractivity contribution < 1.29 is 37.8 Å². The number of aliphatic imine (C=N–C) groups is 1. The number of H-pyrrole nitrogens is 1. The Morgan fingerprint density at radius 3 is 1.30 bits per heavy atom. The summed E-state index contributed by atoms with van der Waals surface area (Å²) in [6, 6.07) is 70.4. The molecule has 40 heteroatoms. The Morgan fingerprint density at radius 2 is 0.847 bits per heavy atom. The lowest BCUT2D eigenvalue weighted by molar-refractivity contribution is -0.387. The topological polar surface area (TPSA) is 417 Å². The standard InChI is InChI=1S/C25H29N7O3.C25H31N7O.C20H16FN5O3.C14H11ClN2.C8H8N2.C7H7FN2O2.C5H3ClIN/c1-17-19-8-6-7-9-21(19)31(28-17)18-10-11-26-25(14-18)27-20-15-23(32(33)34)22(16-24(20)35-5)30(4)13-12-29(2)3;1-17-19-8-6-7-9-22(19)32(29-17)18-10-11-27-25(14-18)28-21-15-20(26)23(16-24(21)33-5)31(4)13-12-30(2)3;1-12-14-5-3-4-6-17(14)25(24-12)13-7-8-22-20(9-13)23-16-11-18(26(27)28)15(21)10-19(16)29-2;1-9-11-4-2-3-5-12(11)14(17-9)10-6-7-16-13(15)8-10;1-6-7-4-2-3-5-8(7)10-9-6;1-4-2-5(8)7(10(11)12)3-6(4)9;6-5-3-4(7)1-2-8-5/h6-11,14-16H,12-13H2,1-5H3,(H,26,27);6-11,14-16H,12-13,26H2,1-5H3,(H,27,28);3-11H,1-2H3,(H,22,23);2-8,14H,1H3;2-5H,1H3,(H,9,10);2-3H,9H2,1H3;1-3H. The monoisotopic (exact) mass is 2100 g/mol. The quantitative estimate of drug-likeness (QED) is 0.0108. The van der Waals surface area contributed by atoms with Crippen LogP contribution in [0.2, 0.25) is 10.3 Å². The van der Waals surface area contributed by atoms with Crippen molar-refractivity contribution in [2.75, 3.05) is 127 Å². The average molecular weight is 2100 g/mol. The van der Waals surface area contributed by atoms with E-state index in [1.54, 1.807) is 75.0 Å². The van der Waals surface area contributed by atoms with Crippen LogP contribution in [0.15, 0.2) is 266 Å². The maximum Gasteiger partial charge on any atom is 0.307 e. The normalized spacial score (nSPS) is 11.6. The van der Waals surface area contributed by atoms with E-state index in [1.165, 1.54) is 29.7 Å². The summed E-state index contributed by atoms with van der Waals surface area (Å²) in [6.45, 7) is 14.7. The van der Waals surface area contributed by atoms with Gasteiger partial charge in [-0.2, -0.15) is 29.2 Å². The molecule has 19 rings (SSSR count). The molecule has 740 valence electrons. The van der Waals surface area contributed by atoms with Crippen molar-refractivity contribution in [3.63, 3.8) is 0 Å². The number of nitrogens with zero attached hydrogens (tertiary/aromatic N) is 20. The van der Waals surface area contributed by atoms with E-state index in [4.69, 9.17) is 59.0 Å². The van der Waals surface area contributed by atoms with Gasteiger partial charge in [-0.1, -0.05) is 120 Å². The number of para-hydroxylation sites is 4. The average Bonchev–Trinajstić information content (AvgIpc) is 1.64. The fraction of sp³-hybridized carbons (Fsp3) is 0.192. The van der Waals surface area contributed by atoms with Gasteiger partial charge in [0.25, 0.3) is 5.69 Å². The number of likely N-dealkylation sites (N-methyl/N-ethyl adjacent to an activating group) is 4. The number of nitrogens with two attached hydrogens (primary N) is 2. The summed E-state index contributed by atoms with van der Waals surface area (Å²) in [5.41, 5.74) is 29.9. The fourth-order valence-electron chi connectivity index (χ4n) is 15.4. The maximum atomic E-state index is 13.9. The molecule has 18 aromatic rings. The Kier molecular flexibility index (Phi) is 35.1. The Labute approximate surface area is 852 Å². The van der Waals surface area contributed by atoms with E-state index in [2.05, 4.69) is 138 Å². The number of nitro benzene ring substituents is 3. The van der Waals surface area contributed by atoms with Crippen molar-refractivity contribution in [1.82, 2.24) is 74.3 Å². The largest absolute Gasteiger partial charge is 0.494 e. The molecule has 0 spiro atoms. The van der Waals surface area contributed by atoms with Gasteiger partial charge in [-0.15, -0.1) is 0 Å². The number of nitro groups is 3. The molecule has 10 heterocycles. The summed E-state index contributed by atoms with van der Waals surface area (Å²) in [4.78, 5) is 65.0. The summed E-state index contributed by atoms with van der Waals surface area (Å²) in [5.74, 6) is 1.07. The van der Waals surface area contributed by atoms with Gasteiger partial charge in [-0.3, -0.25) is 40.4 Å². The summed E-state index contributed by atoms with van der Waals surface area (Å²) in [5, 5.41) is 69.2. The highest BCUT2D eigenvalue weighted by molar-refractivity contribution is 14.1. The molecular weight excluding hydrogens is 1990 g/mol. The van der Waals surface area contributed by atoms with Crippen LogP contribution >= 0.6 is 45.8 Å². The van der Waals surface area contributed by atoms with Crippen LogP contribution < -0.4 is 51.4 Å².